The highest BCUT2D eigenvalue weighted by molar-refractivity contribution is 6.06. The van der Waals surface area contributed by atoms with Crippen molar-refractivity contribution in [2.24, 2.45) is 5.73 Å². The number of hydrogen-bond acceptors (Lipinski definition) is 7. The molecule has 4 rings (SSSR count). The highest BCUT2D eigenvalue weighted by Gasteiger charge is 2.28. The van der Waals surface area contributed by atoms with Gasteiger partial charge in [0.1, 0.15) is 17.7 Å². The van der Waals surface area contributed by atoms with Crippen LogP contribution in [0.4, 0.5) is 15.8 Å². The van der Waals surface area contributed by atoms with Crippen LogP contribution in [0.25, 0.3) is 10.9 Å². The molecule has 1 fully saturated rings. The highest BCUT2D eigenvalue weighted by atomic mass is 19.1. The number of hydrogen-bond donors (Lipinski definition) is 3. The number of ether oxygens (including phenoxy) is 1. The van der Waals surface area contributed by atoms with Crippen LogP contribution in [0.15, 0.2) is 30.3 Å². The number of aliphatic hydroxyl groups is 1. The van der Waals surface area contributed by atoms with Gasteiger partial charge < -0.3 is 25.8 Å². The normalized spacial score (nSPS) is 15.2. The van der Waals surface area contributed by atoms with Crippen LogP contribution in [-0.4, -0.2) is 58.3 Å². The van der Waals surface area contributed by atoms with E-state index in [0.29, 0.717) is 42.6 Å². The number of aromatic nitrogens is 2. The highest BCUT2D eigenvalue weighted by Crippen LogP contribution is 2.39. The minimum absolute atomic E-state index is 0.0570. The molecular formula is C25H28FN5O4. The summed E-state index contributed by atoms with van der Waals surface area (Å²) in [5, 5.41) is 21.3. The first-order valence-corrected chi connectivity index (χ1v) is 11.4. The van der Waals surface area contributed by atoms with Gasteiger partial charge in [0, 0.05) is 24.5 Å². The van der Waals surface area contributed by atoms with Crippen LogP contribution >= 0.6 is 0 Å². The average molecular weight is 482 g/mol. The Balaban J connectivity index is 1.78. The number of nitrogens with zero attached hydrogens (tertiary/aromatic N) is 3. The zero-order valence-electron chi connectivity index (χ0n) is 19.8. The summed E-state index contributed by atoms with van der Waals surface area (Å²) in [6.07, 6.45) is 0.289. The number of piperidine rings is 1. The van der Waals surface area contributed by atoms with Crippen molar-refractivity contribution in [1.29, 1.82) is 0 Å². The van der Waals surface area contributed by atoms with Crippen molar-refractivity contribution in [3.8, 4) is 5.75 Å². The van der Waals surface area contributed by atoms with Crippen LogP contribution < -0.4 is 15.8 Å². The lowest BCUT2D eigenvalue weighted by Gasteiger charge is -2.33. The minimum atomic E-state index is -1.04. The molecule has 9 nitrogen and oxygen atoms in total. The van der Waals surface area contributed by atoms with Crippen LogP contribution in [0.2, 0.25) is 0 Å². The zero-order chi connectivity index (χ0) is 25.3. The standard InChI is InChI=1S/C25H28FN5O4/c1-13-4-5-19(18(26)10-13)28-22-17-11-16(15-6-8-31(9-7-15)25(34)14(2)32)21(35-3)12-20(17)29-30-23(22)24(27)33/h4-5,10-12,14-15,32H,6-9H2,1-3H3,(H2,27,33)(H,28,29). The molecule has 2 aromatic carbocycles. The number of primary amides is 1. The molecule has 10 heteroatoms. The maximum Gasteiger partial charge on any atom is 0.271 e. The van der Waals surface area contributed by atoms with E-state index < -0.39 is 17.8 Å². The fourth-order valence-corrected chi connectivity index (χ4v) is 4.48. The van der Waals surface area contributed by atoms with Gasteiger partial charge >= 0.3 is 0 Å². The lowest BCUT2D eigenvalue weighted by atomic mass is 9.87. The molecule has 0 saturated carbocycles. The van der Waals surface area contributed by atoms with Crippen LogP contribution in [-0.2, 0) is 4.79 Å². The van der Waals surface area contributed by atoms with E-state index in [-0.39, 0.29) is 28.9 Å². The van der Waals surface area contributed by atoms with Crippen molar-refractivity contribution < 1.29 is 23.8 Å². The first-order valence-electron chi connectivity index (χ1n) is 11.4. The number of methoxy groups -OCH3 is 1. The summed E-state index contributed by atoms with van der Waals surface area (Å²) in [7, 11) is 1.56. The van der Waals surface area contributed by atoms with Gasteiger partial charge in [0.15, 0.2) is 5.69 Å². The molecule has 2 heterocycles. The largest absolute Gasteiger partial charge is 0.496 e. The second kappa shape index (κ2) is 9.83. The maximum absolute atomic E-state index is 14.6. The molecule has 1 atom stereocenters. The van der Waals surface area contributed by atoms with E-state index >= 15 is 0 Å². The van der Waals surface area contributed by atoms with Crippen LogP contribution in [0.3, 0.4) is 0 Å². The molecular weight excluding hydrogens is 453 g/mol. The molecule has 0 spiro atoms. The van der Waals surface area contributed by atoms with Crippen LogP contribution in [0.5, 0.6) is 5.75 Å². The molecule has 4 N–H and O–H groups in total. The number of fused-ring (bicyclic) bond motifs is 1. The number of anilines is 2. The first-order chi connectivity index (χ1) is 16.7. The number of carbonyl (C=O) groups is 2. The smallest absolute Gasteiger partial charge is 0.271 e. The number of aliphatic hydroxyl groups excluding tert-OH is 1. The van der Waals surface area contributed by atoms with E-state index in [1.807, 2.05) is 6.07 Å². The fraction of sp³-hybridized carbons (Fsp3) is 0.360. The van der Waals surface area contributed by atoms with E-state index in [2.05, 4.69) is 15.5 Å². The minimum Gasteiger partial charge on any atom is -0.496 e. The molecule has 1 aromatic heterocycles. The lowest BCUT2D eigenvalue weighted by Crippen LogP contribution is -2.42. The van der Waals surface area contributed by atoms with Crippen LogP contribution in [0.1, 0.15) is 47.3 Å². The Labute approximate surface area is 202 Å². The quantitative estimate of drug-likeness (QED) is 0.493. The zero-order valence-corrected chi connectivity index (χ0v) is 19.8. The second-order valence-corrected chi connectivity index (χ2v) is 8.78. The number of nitrogens with two attached hydrogens (primary N) is 1. The molecule has 2 amide bonds. The van der Waals surface area contributed by atoms with Crippen molar-refractivity contribution in [1.82, 2.24) is 15.1 Å². The predicted octanol–water partition coefficient (Wildman–Crippen LogP) is 3.02. The molecule has 35 heavy (non-hydrogen) atoms. The molecule has 0 radical (unpaired) electrons. The third-order valence-corrected chi connectivity index (χ3v) is 6.33. The third-order valence-electron chi connectivity index (χ3n) is 6.33. The summed E-state index contributed by atoms with van der Waals surface area (Å²) in [6.45, 7) is 4.24. The fourth-order valence-electron chi connectivity index (χ4n) is 4.48. The Morgan fingerprint density at radius 1 is 1.23 bits per heavy atom. The summed E-state index contributed by atoms with van der Waals surface area (Å²) in [6, 6.07) is 8.32. The molecule has 1 aliphatic rings. The van der Waals surface area contributed by atoms with Gasteiger partial charge in [-0.05, 0) is 61.9 Å². The first kappa shape index (κ1) is 24.3. The van der Waals surface area contributed by atoms with Gasteiger partial charge in [-0.15, -0.1) is 10.2 Å². The molecule has 0 bridgehead atoms. The SMILES string of the molecule is COc1cc2nnc(C(N)=O)c(Nc3ccc(C)cc3F)c2cc1C1CCN(C(=O)C(C)O)CC1. The molecule has 0 aliphatic carbocycles. The van der Waals surface area contributed by atoms with E-state index in [1.54, 1.807) is 37.1 Å². The molecule has 3 aromatic rings. The Hall–Kier alpha value is -3.79. The van der Waals surface area contributed by atoms with Crippen molar-refractivity contribution >= 4 is 34.1 Å². The number of aryl methyl sites for hydroxylation is 1. The van der Waals surface area contributed by atoms with E-state index in [0.717, 1.165) is 11.1 Å². The van der Waals surface area contributed by atoms with Crippen molar-refractivity contribution in [3.05, 3.63) is 53.0 Å². The Kier molecular flexibility index (Phi) is 6.83. The average Bonchev–Trinajstić information content (AvgIpc) is 2.84. The number of benzene rings is 2. The summed E-state index contributed by atoms with van der Waals surface area (Å²) in [5.74, 6) is -0.902. The number of amides is 2. The molecule has 184 valence electrons. The summed E-state index contributed by atoms with van der Waals surface area (Å²) in [4.78, 5) is 26.0. The molecule has 1 unspecified atom stereocenters. The van der Waals surface area contributed by atoms with Gasteiger partial charge in [0.2, 0.25) is 0 Å². The van der Waals surface area contributed by atoms with Gasteiger partial charge in [-0.25, -0.2) is 4.39 Å². The predicted molar refractivity (Wildman–Crippen MR) is 129 cm³/mol. The number of rotatable bonds is 6. The molecule has 1 saturated heterocycles. The van der Waals surface area contributed by atoms with Gasteiger partial charge in [-0.2, -0.15) is 0 Å². The van der Waals surface area contributed by atoms with Crippen molar-refractivity contribution in [2.75, 3.05) is 25.5 Å². The maximum atomic E-state index is 14.6. The summed E-state index contributed by atoms with van der Waals surface area (Å²) < 4.78 is 20.3. The van der Waals surface area contributed by atoms with Crippen molar-refractivity contribution in [3.63, 3.8) is 0 Å². The number of carbonyl (C=O) groups excluding carboxylic acids is 2. The summed E-state index contributed by atoms with van der Waals surface area (Å²) in [5.41, 5.74) is 7.98. The van der Waals surface area contributed by atoms with Crippen LogP contribution in [0, 0.1) is 12.7 Å². The van der Waals surface area contributed by atoms with Gasteiger partial charge in [0.25, 0.3) is 11.8 Å². The monoisotopic (exact) mass is 481 g/mol. The Morgan fingerprint density at radius 3 is 2.54 bits per heavy atom. The second-order valence-electron chi connectivity index (χ2n) is 8.78. The van der Waals surface area contributed by atoms with E-state index in [4.69, 9.17) is 10.5 Å². The van der Waals surface area contributed by atoms with Gasteiger partial charge in [-0.3, -0.25) is 9.59 Å². The number of halogens is 1. The van der Waals surface area contributed by atoms with Crippen molar-refractivity contribution in [2.45, 2.75) is 38.7 Å². The molecule has 1 aliphatic heterocycles. The lowest BCUT2D eigenvalue weighted by molar-refractivity contribution is -0.140. The van der Waals surface area contributed by atoms with E-state index in [1.165, 1.54) is 13.0 Å². The third kappa shape index (κ3) is 4.88. The van der Waals surface area contributed by atoms with Gasteiger partial charge in [0.05, 0.1) is 24.0 Å². The summed E-state index contributed by atoms with van der Waals surface area (Å²) >= 11 is 0. The van der Waals surface area contributed by atoms with E-state index in [9.17, 15) is 19.1 Å². The Bertz CT molecular complexity index is 1290. The Morgan fingerprint density at radius 2 is 1.94 bits per heavy atom. The number of likely N-dealkylation sites (tertiary alicyclic amines) is 1. The van der Waals surface area contributed by atoms with Gasteiger partial charge in [-0.1, -0.05) is 6.07 Å². The topological polar surface area (TPSA) is 131 Å². The number of nitrogens with one attached hydrogen (secondary N) is 1.